The van der Waals surface area contributed by atoms with Gasteiger partial charge in [-0.05, 0) is 49.5 Å². The summed E-state index contributed by atoms with van der Waals surface area (Å²) in [6.45, 7) is 10.9. The Labute approximate surface area is 132 Å². The fraction of sp³-hybridized carbons (Fsp3) is 0.500. The fourth-order valence-corrected chi connectivity index (χ4v) is 2.93. The third-order valence-corrected chi connectivity index (χ3v) is 3.26. The normalized spacial score (nSPS) is 14.4. The third-order valence-electron chi connectivity index (χ3n) is 3.26. The first-order valence-electron chi connectivity index (χ1n) is 7.55. The molecule has 1 aromatic rings. The predicted molar refractivity (Wildman–Crippen MR) is 87.9 cm³/mol. The van der Waals surface area contributed by atoms with Crippen LogP contribution in [0.4, 0.5) is 0 Å². The molecular weight excluding hydrogens is 278 g/mol. The van der Waals surface area contributed by atoms with E-state index in [1.807, 2.05) is 32.0 Å². The lowest BCUT2D eigenvalue weighted by Crippen LogP contribution is -2.45. The topological polar surface area (TPSA) is 47.6 Å². The van der Waals surface area contributed by atoms with Crippen LogP contribution >= 0.6 is 0 Å². The Balaban J connectivity index is 1.97. The minimum absolute atomic E-state index is 0.0908. The average Bonchev–Trinajstić information content (AvgIpc) is 2.79. The van der Waals surface area contributed by atoms with Crippen LogP contribution in [0.3, 0.4) is 0 Å². The number of nitrogens with one attached hydrogen (secondary N) is 1. The largest absolute Gasteiger partial charge is 0.454 e. The first-order valence-corrected chi connectivity index (χ1v) is 7.55. The number of amides is 1. The van der Waals surface area contributed by atoms with Crippen LogP contribution in [0.25, 0.3) is 6.08 Å². The number of fused-ring (bicyclic) bond motifs is 1. The molecule has 1 aliphatic heterocycles. The molecule has 0 fully saturated rings. The van der Waals surface area contributed by atoms with Crippen molar-refractivity contribution in [2.45, 2.75) is 46.6 Å². The number of hydrogen-bond donors (Lipinski definition) is 1. The molecule has 1 N–H and O–H groups in total. The van der Waals surface area contributed by atoms with Crippen LogP contribution in [0.15, 0.2) is 24.3 Å². The second kappa shape index (κ2) is 6.03. The van der Waals surface area contributed by atoms with Crippen molar-refractivity contribution in [2.24, 2.45) is 5.41 Å². The van der Waals surface area contributed by atoms with E-state index in [-0.39, 0.29) is 23.7 Å². The maximum Gasteiger partial charge on any atom is 0.244 e. The predicted octanol–water partition coefficient (Wildman–Crippen LogP) is 3.76. The Kier molecular flexibility index (Phi) is 4.50. The second-order valence-electron chi connectivity index (χ2n) is 7.56. The summed E-state index contributed by atoms with van der Waals surface area (Å²) in [5.74, 6) is 1.37. The highest BCUT2D eigenvalue weighted by Gasteiger charge is 2.26. The summed E-state index contributed by atoms with van der Waals surface area (Å²) in [6, 6.07) is 5.62. The fourth-order valence-electron chi connectivity index (χ4n) is 2.93. The summed E-state index contributed by atoms with van der Waals surface area (Å²) in [5, 5.41) is 3.05. The van der Waals surface area contributed by atoms with E-state index in [1.165, 1.54) is 0 Å². The summed E-state index contributed by atoms with van der Waals surface area (Å²) in [4.78, 5) is 12.1. The molecule has 1 aromatic carbocycles. The van der Waals surface area contributed by atoms with Gasteiger partial charge in [0.15, 0.2) is 11.5 Å². The van der Waals surface area contributed by atoms with E-state index < -0.39 is 0 Å². The van der Waals surface area contributed by atoms with E-state index in [4.69, 9.17) is 9.47 Å². The molecule has 1 aliphatic rings. The Bertz CT molecular complexity index is 582. The van der Waals surface area contributed by atoms with E-state index in [1.54, 1.807) is 12.2 Å². The first kappa shape index (κ1) is 16.4. The van der Waals surface area contributed by atoms with Gasteiger partial charge in [-0.25, -0.2) is 0 Å². The number of ether oxygens (including phenoxy) is 2. The summed E-state index contributed by atoms with van der Waals surface area (Å²) in [5.41, 5.74) is 0.833. The van der Waals surface area contributed by atoms with Crippen molar-refractivity contribution in [1.29, 1.82) is 0 Å². The minimum atomic E-state index is -0.242. The molecule has 0 spiro atoms. The molecule has 0 saturated carbocycles. The van der Waals surface area contributed by atoms with Gasteiger partial charge < -0.3 is 14.8 Å². The van der Waals surface area contributed by atoms with Gasteiger partial charge in [0, 0.05) is 11.6 Å². The van der Waals surface area contributed by atoms with Crippen LogP contribution < -0.4 is 14.8 Å². The van der Waals surface area contributed by atoms with Crippen molar-refractivity contribution >= 4 is 12.0 Å². The molecule has 120 valence electrons. The summed E-state index contributed by atoms with van der Waals surface area (Å²) in [6.07, 6.45) is 4.25. The second-order valence-corrected chi connectivity index (χ2v) is 7.56. The number of hydrogen-bond acceptors (Lipinski definition) is 3. The van der Waals surface area contributed by atoms with Gasteiger partial charge in [-0.15, -0.1) is 0 Å². The van der Waals surface area contributed by atoms with Gasteiger partial charge in [-0.3, -0.25) is 4.79 Å². The lowest BCUT2D eigenvalue weighted by atomic mass is 9.82. The molecule has 0 radical (unpaired) electrons. The number of carbonyl (C=O) groups excluding carboxylic acids is 1. The maximum atomic E-state index is 12.1. The molecule has 0 aromatic heterocycles. The zero-order valence-electron chi connectivity index (χ0n) is 14.0. The lowest BCUT2D eigenvalue weighted by Gasteiger charge is -2.32. The monoisotopic (exact) mass is 303 g/mol. The van der Waals surface area contributed by atoms with E-state index in [9.17, 15) is 4.79 Å². The van der Waals surface area contributed by atoms with Gasteiger partial charge in [0.2, 0.25) is 12.7 Å². The Morgan fingerprint density at radius 3 is 2.55 bits per heavy atom. The highest BCUT2D eigenvalue weighted by Crippen LogP contribution is 2.32. The van der Waals surface area contributed by atoms with Gasteiger partial charge in [0.05, 0.1) is 0 Å². The lowest BCUT2D eigenvalue weighted by molar-refractivity contribution is -0.118. The first-order chi connectivity index (χ1) is 10.1. The zero-order chi connectivity index (χ0) is 16.4. The molecule has 0 saturated heterocycles. The van der Waals surface area contributed by atoms with Crippen molar-refractivity contribution in [3.63, 3.8) is 0 Å². The number of carbonyl (C=O) groups is 1. The van der Waals surface area contributed by atoms with Gasteiger partial charge in [-0.2, -0.15) is 0 Å². The Morgan fingerprint density at radius 1 is 1.18 bits per heavy atom. The Hall–Kier alpha value is -1.97. The molecule has 1 amide bonds. The summed E-state index contributed by atoms with van der Waals surface area (Å²) >= 11 is 0. The van der Waals surface area contributed by atoms with Crippen molar-refractivity contribution in [3.8, 4) is 11.5 Å². The molecule has 0 aliphatic carbocycles. The number of rotatable bonds is 4. The van der Waals surface area contributed by atoms with E-state index in [0.29, 0.717) is 0 Å². The maximum absolute atomic E-state index is 12.1. The molecule has 0 atom stereocenters. The Morgan fingerprint density at radius 2 is 1.86 bits per heavy atom. The van der Waals surface area contributed by atoms with Crippen LogP contribution in [0.1, 0.15) is 46.6 Å². The average molecular weight is 303 g/mol. The molecular formula is C18H25NO3. The van der Waals surface area contributed by atoms with Crippen molar-refractivity contribution in [1.82, 2.24) is 5.32 Å². The SMILES string of the molecule is CC(C)(C)CC(C)(C)NC(=O)/C=C/c1ccc2c(c1)OCO2. The van der Waals surface area contributed by atoms with Crippen LogP contribution in [0, 0.1) is 5.41 Å². The van der Waals surface area contributed by atoms with Crippen LogP contribution in [-0.2, 0) is 4.79 Å². The third kappa shape index (κ3) is 4.79. The molecule has 2 rings (SSSR count). The summed E-state index contributed by atoms with van der Waals surface area (Å²) < 4.78 is 10.6. The quantitative estimate of drug-likeness (QED) is 0.862. The summed E-state index contributed by atoms with van der Waals surface area (Å²) in [7, 11) is 0. The van der Waals surface area contributed by atoms with E-state index >= 15 is 0 Å². The highest BCUT2D eigenvalue weighted by atomic mass is 16.7. The van der Waals surface area contributed by atoms with Crippen LogP contribution in [0.2, 0.25) is 0 Å². The minimum Gasteiger partial charge on any atom is -0.454 e. The number of benzene rings is 1. The molecule has 4 heteroatoms. The van der Waals surface area contributed by atoms with Gasteiger partial charge >= 0.3 is 0 Å². The van der Waals surface area contributed by atoms with Crippen molar-refractivity contribution in [3.05, 3.63) is 29.8 Å². The smallest absolute Gasteiger partial charge is 0.244 e. The van der Waals surface area contributed by atoms with Gasteiger partial charge in [-0.1, -0.05) is 26.8 Å². The van der Waals surface area contributed by atoms with Crippen molar-refractivity contribution < 1.29 is 14.3 Å². The molecule has 22 heavy (non-hydrogen) atoms. The van der Waals surface area contributed by atoms with E-state index in [2.05, 4.69) is 26.1 Å². The molecule has 0 unspecified atom stereocenters. The van der Waals surface area contributed by atoms with Crippen molar-refractivity contribution in [2.75, 3.05) is 6.79 Å². The molecule has 0 bridgehead atoms. The van der Waals surface area contributed by atoms with Crippen LogP contribution in [-0.4, -0.2) is 18.2 Å². The van der Waals surface area contributed by atoms with E-state index in [0.717, 1.165) is 23.5 Å². The highest BCUT2D eigenvalue weighted by molar-refractivity contribution is 5.92. The van der Waals surface area contributed by atoms with Gasteiger partial charge in [0.1, 0.15) is 0 Å². The zero-order valence-corrected chi connectivity index (χ0v) is 14.0. The molecule has 4 nitrogen and oxygen atoms in total. The van der Waals surface area contributed by atoms with Crippen LogP contribution in [0.5, 0.6) is 11.5 Å². The molecule has 1 heterocycles. The standard InChI is InChI=1S/C18H25NO3/c1-17(2,3)11-18(4,5)19-16(20)9-7-13-6-8-14-15(10-13)22-12-21-14/h6-10H,11-12H2,1-5H3,(H,19,20)/b9-7+. The van der Waals surface area contributed by atoms with Gasteiger partial charge in [0.25, 0.3) is 0 Å².